The molecule has 0 saturated heterocycles. The van der Waals surface area contributed by atoms with E-state index < -0.39 is 0 Å². The number of carbonyl (C=O) groups excluding carboxylic acids is 1. The van der Waals surface area contributed by atoms with Gasteiger partial charge in [-0.25, -0.2) is 4.98 Å². The molecule has 142 valence electrons. The van der Waals surface area contributed by atoms with Crippen molar-refractivity contribution in [1.82, 2.24) is 24.6 Å². The molecule has 2 heterocycles. The zero-order chi connectivity index (χ0) is 19.0. The van der Waals surface area contributed by atoms with Gasteiger partial charge in [0.1, 0.15) is 10.8 Å². The lowest BCUT2D eigenvalue weighted by atomic mass is 10.3. The zero-order valence-electron chi connectivity index (χ0n) is 15.8. The van der Waals surface area contributed by atoms with E-state index in [9.17, 15) is 4.79 Å². The van der Waals surface area contributed by atoms with Crippen LogP contribution in [0.1, 0.15) is 49.5 Å². The molecular weight excluding hydrogens is 378 g/mol. The Morgan fingerprint density at radius 1 is 1.37 bits per heavy atom. The molecule has 27 heavy (non-hydrogen) atoms. The maximum Gasteiger partial charge on any atom is 0.233 e. The fraction of sp³-hybridized carbons (Fsp3) is 0.474. The summed E-state index contributed by atoms with van der Waals surface area (Å²) >= 11 is 3.12. The molecule has 1 saturated carbocycles. The van der Waals surface area contributed by atoms with Crippen molar-refractivity contribution in [3.8, 4) is 0 Å². The quantitative estimate of drug-likeness (QED) is 0.558. The minimum Gasteiger partial charge on any atom is -0.336 e. The molecule has 1 atom stereocenters. The summed E-state index contributed by atoms with van der Waals surface area (Å²) in [6.07, 6.45) is 2.40. The van der Waals surface area contributed by atoms with Gasteiger partial charge >= 0.3 is 0 Å². The van der Waals surface area contributed by atoms with Gasteiger partial charge in [-0.1, -0.05) is 23.9 Å². The van der Waals surface area contributed by atoms with Gasteiger partial charge in [0.05, 0.1) is 22.0 Å². The lowest BCUT2D eigenvalue weighted by molar-refractivity contribution is -0.128. The van der Waals surface area contributed by atoms with E-state index in [1.807, 2.05) is 32.2 Å². The second-order valence-electron chi connectivity index (χ2n) is 6.85. The molecule has 1 aliphatic carbocycles. The normalized spacial score (nSPS) is 15.2. The van der Waals surface area contributed by atoms with Crippen molar-refractivity contribution in [3.63, 3.8) is 0 Å². The van der Waals surface area contributed by atoms with Crippen molar-refractivity contribution < 1.29 is 4.79 Å². The maximum atomic E-state index is 12.7. The van der Waals surface area contributed by atoms with Gasteiger partial charge in [0.15, 0.2) is 5.16 Å². The summed E-state index contributed by atoms with van der Waals surface area (Å²) in [7, 11) is 1.85. The van der Waals surface area contributed by atoms with Crippen LogP contribution in [0.3, 0.4) is 0 Å². The third-order valence-electron chi connectivity index (χ3n) is 4.97. The lowest BCUT2D eigenvalue weighted by Gasteiger charge is -2.23. The molecule has 8 heteroatoms. The molecule has 4 rings (SSSR count). The van der Waals surface area contributed by atoms with E-state index in [2.05, 4.69) is 32.7 Å². The molecule has 0 aliphatic heterocycles. The summed E-state index contributed by atoms with van der Waals surface area (Å²) in [4.78, 5) is 19.2. The van der Waals surface area contributed by atoms with Crippen LogP contribution in [0, 0.1) is 0 Å². The second kappa shape index (κ2) is 7.59. The van der Waals surface area contributed by atoms with Crippen LogP contribution in [0.15, 0.2) is 29.4 Å². The van der Waals surface area contributed by atoms with E-state index >= 15 is 0 Å². The zero-order valence-corrected chi connectivity index (χ0v) is 17.4. The first-order valence-electron chi connectivity index (χ1n) is 9.25. The molecule has 1 aromatic carbocycles. The first-order chi connectivity index (χ1) is 13.1. The van der Waals surface area contributed by atoms with Crippen LogP contribution in [-0.4, -0.2) is 43.4 Å². The maximum absolute atomic E-state index is 12.7. The Hall–Kier alpha value is -1.93. The van der Waals surface area contributed by atoms with Crippen LogP contribution in [0.5, 0.6) is 0 Å². The number of hydrogen-bond donors (Lipinski definition) is 0. The van der Waals surface area contributed by atoms with E-state index in [-0.39, 0.29) is 11.9 Å². The molecule has 1 amide bonds. The highest BCUT2D eigenvalue weighted by molar-refractivity contribution is 7.99. The Bertz CT molecular complexity index is 929. The smallest absolute Gasteiger partial charge is 0.233 e. The van der Waals surface area contributed by atoms with Gasteiger partial charge in [-0.15, -0.1) is 21.5 Å². The van der Waals surface area contributed by atoms with Crippen LogP contribution in [0.4, 0.5) is 0 Å². The highest BCUT2D eigenvalue weighted by Crippen LogP contribution is 2.40. The Balaban J connectivity index is 1.41. The number of aromatic nitrogens is 4. The van der Waals surface area contributed by atoms with E-state index in [4.69, 9.17) is 0 Å². The van der Waals surface area contributed by atoms with E-state index in [1.165, 1.54) is 24.6 Å². The lowest BCUT2D eigenvalue weighted by Crippen LogP contribution is -2.31. The Labute approximate surface area is 167 Å². The van der Waals surface area contributed by atoms with Crippen molar-refractivity contribution in [2.24, 2.45) is 0 Å². The fourth-order valence-electron chi connectivity index (χ4n) is 3.03. The van der Waals surface area contributed by atoms with Gasteiger partial charge in [0.2, 0.25) is 5.91 Å². The SMILES string of the molecule is CCn1c(SCC(=O)N(C)[C@H](C)c2nc3ccccc3s2)nnc1C1CC1. The van der Waals surface area contributed by atoms with Crippen LogP contribution in [0.2, 0.25) is 0 Å². The first-order valence-corrected chi connectivity index (χ1v) is 11.1. The summed E-state index contributed by atoms with van der Waals surface area (Å²) in [5.74, 6) is 2.06. The number of thiazole rings is 1. The molecule has 0 spiro atoms. The van der Waals surface area contributed by atoms with Crippen LogP contribution < -0.4 is 0 Å². The van der Waals surface area contributed by atoms with Gasteiger partial charge in [0.25, 0.3) is 0 Å². The minimum absolute atomic E-state index is 0.0541. The molecule has 0 radical (unpaired) electrons. The Morgan fingerprint density at radius 3 is 2.85 bits per heavy atom. The fourth-order valence-corrected chi connectivity index (χ4v) is 5.02. The molecule has 0 bridgehead atoms. The number of thioether (sulfide) groups is 1. The number of fused-ring (bicyclic) bond motifs is 1. The largest absolute Gasteiger partial charge is 0.336 e. The molecule has 1 fully saturated rings. The number of amides is 1. The molecule has 2 aromatic heterocycles. The van der Waals surface area contributed by atoms with Crippen LogP contribution in [-0.2, 0) is 11.3 Å². The van der Waals surface area contributed by atoms with Crippen molar-refractivity contribution in [3.05, 3.63) is 35.1 Å². The summed E-state index contributed by atoms with van der Waals surface area (Å²) in [5.41, 5.74) is 0.989. The van der Waals surface area contributed by atoms with Crippen molar-refractivity contribution in [2.45, 2.75) is 50.4 Å². The first kappa shape index (κ1) is 18.4. The van der Waals surface area contributed by atoms with Crippen LogP contribution >= 0.6 is 23.1 Å². The van der Waals surface area contributed by atoms with Crippen molar-refractivity contribution in [1.29, 1.82) is 0 Å². The third kappa shape index (κ3) is 3.73. The Morgan fingerprint density at radius 2 is 2.15 bits per heavy atom. The van der Waals surface area contributed by atoms with E-state index in [1.54, 1.807) is 16.2 Å². The summed E-state index contributed by atoms with van der Waals surface area (Å²) in [6.45, 7) is 4.97. The molecule has 0 unspecified atom stereocenters. The summed E-state index contributed by atoms with van der Waals surface area (Å²) in [6, 6.07) is 8.02. The second-order valence-corrected chi connectivity index (χ2v) is 8.85. The van der Waals surface area contributed by atoms with Crippen LogP contribution in [0.25, 0.3) is 10.2 Å². The van der Waals surface area contributed by atoms with E-state index in [0.717, 1.165) is 32.7 Å². The number of benzene rings is 1. The Kier molecular flexibility index (Phi) is 5.19. The number of carbonyl (C=O) groups is 1. The highest BCUT2D eigenvalue weighted by atomic mass is 32.2. The summed E-state index contributed by atoms with van der Waals surface area (Å²) in [5, 5.41) is 10.4. The van der Waals surface area contributed by atoms with Gasteiger partial charge < -0.3 is 9.47 Å². The molecular formula is C19H23N5OS2. The number of nitrogens with zero attached hydrogens (tertiary/aromatic N) is 5. The predicted molar refractivity (Wildman–Crippen MR) is 109 cm³/mol. The van der Waals surface area contributed by atoms with Gasteiger partial charge in [-0.3, -0.25) is 4.79 Å². The van der Waals surface area contributed by atoms with Gasteiger partial charge in [0, 0.05) is 19.5 Å². The average Bonchev–Trinajstić information content (AvgIpc) is 3.30. The predicted octanol–water partition coefficient (Wildman–Crippen LogP) is 4.10. The van der Waals surface area contributed by atoms with Gasteiger partial charge in [-0.2, -0.15) is 0 Å². The summed E-state index contributed by atoms with van der Waals surface area (Å²) < 4.78 is 3.30. The number of hydrogen-bond acceptors (Lipinski definition) is 6. The third-order valence-corrected chi connectivity index (χ3v) is 7.13. The van der Waals surface area contributed by atoms with E-state index in [0.29, 0.717) is 11.7 Å². The molecule has 1 aliphatic rings. The molecule has 0 N–H and O–H groups in total. The highest BCUT2D eigenvalue weighted by Gasteiger charge is 2.30. The average molecular weight is 402 g/mol. The van der Waals surface area contributed by atoms with Crippen molar-refractivity contribution >= 4 is 39.2 Å². The monoisotopic (exact) mass is 401 g/mol. The molecule has 6 nitrogen and oxygen atoms in total. The number of rotatable bonds is 7. The minimum atomic E-state index is -0.0541. The van der Waals surface area contributed by atoms with Gasteiger partial charge in [-0.05, 0) is 38.8 Å². The van der Waals surface area contributed by atoms with Crippen molar-refractivity contribution in [2.75, 3.05) is 12.8 Å². The standard InChI is InChI=1S/C19H23N5OS2/c1-4-24-17(13-9-10-13)21-22-19(24)26-11-16(25)23(3)12(2)18-20-14-7-5-6-8-15(14)27-18/h5-8,12-13H,4,9-11H2,1-3H3/t12-/m1/s1. The topological polar surface area (TPSA) is 63.9 Å². The molecule has 3 aromatic rings. The number of para-hydroxylation sites is 1.